The highest BCUT2D eigenvalue weighted by atomic mass is 35.5. The van der Waals surface area contributed by atoms with Crippen molar-refractivity contribution in [1.82, 2.24) is 9.56 Å². The fourth-order valence-electron chi connectivity index (χ4n) is 2.07. The molecule has 2 aromatic heterocycles. The van der Waals surface area contributed by atoms with Crippen LogP contribution in [0.25, 0.3) is 5.65 Å². The lowest BCUT2D eigenvalue weighted by Crippen LogP contribution is -2.14. The van der Waals surface area contributed by atoms with E-state index < -0.39 is 0 Å². The Morgan fingerprint density at radius 1 is 1.29 bits per heavy atom. The predicted molar refractivity (Wildman–Crippen MR) is 79.0 cm³/mol. The number of benzene rings is 1. The number of halogens is 1. The second-order valence-electron chi connectivity index (χ2n) is 4.78. The van der Waals surface area contributed by atoms with Gasteiger partial charge in [0.05, 0.1) is 5.69 Å². The van der Waals surface area contributed by atoms with Gasteiger partial charge in [0.15, 0.2) is 5.65 Å². The topological polar surface area (TPSA) is 56.7 Å². The molecule has 0 spiro atoms. The molecule has 3 rings (SSSR count). The Balaban J connectivity index is 1.86. The highest BCUT2D eigenvalue weighted by molar-refractivity contribution is 6.30. The molecule has 0 atom stereocenters. The monoisotopic (exact) mass is 304 g/mol. The van der Waals surface area contributed by atoms with Gasteiger partial charge in [-0.1, -0.05) is 11.6 Å². The number of aromatic nitrogens is 2. The lowest BCUT2D eigenvalue weighted by molar-refractivity contribution is 0.297. The molecule has 0 saturated heterocycles. The molecule has 2 heterocycles. The summed E-state index contributed by atoms with van der Waals surface area (Å²) < 4.78 is 12.1. The van der Waals surface area contributed by atoms with E-state index in [-0.39, 0.29) is 12.2 Å². The van der Waals surface area contributed by atoms with E-state index in [2.05, 4.69) is 4.98 Å². The van der Waals surface area contributed by atoms with Gasteiger partial charge in [-0.15, -0.1) is 4.57 Å². The quantitative estimate of drug-likeness (QED) is 0.746. The summed E-state index contributed by atoms with van der Waals surface area (Å²) in [6, 6.07) is 8.49. The molecule has 0 N–H and O–H groups in total. The van der Waals surface area contributed by atoms with Gasteiger partial charge in [0.1, 0.15) is 18.1 Å². The normalized spacial score (nSPS) is 11.0. The van der Waals surface area contributed by atoms with Crippen LogP contribution in [0, 0.1) is 13.8 Å². The molecule has 3 aromatic rings. The number of fused-ring (bicyclic) bond motifs is 1. The fourth-order valence-corrected chi connectivity index (χ4v) is 2.30. The summed E-state index contributed by atoms with van der Waals surface area (Å²) in [5.74, 6) is 1.34. The van der Waals surface area contributed by atoms with Gasteiger partial charge in [0, 0.05) is 17.2 Å². The number of rotatable bonds is 3. The third-order valence-corrected chi connectivity index (χ3v) is 3.27. The molecule has 0 radical (unpaired) electrons. The van der Waals surface area contributed by atoms with Gasteiger partial charge in [-0.3, -0.25) is 4.79 Å². The molecule has 0 aliphatic rings. The van der Waals surface area contributed by atoms with Crippen LogP contribution in [0.4, 0.5) is 0 Å². The van der Waals surface area contributed by atoms with E-state index in [1.54, 1.807) is 25.1 Å². The number of ether oxygens (including phenoxy) is 1. The van der Waals surface area contributed by atoms with Gasteiger partial charge >= 0.3 is 0 Å². The van der Waals surface area contributed by atoms with E-state index >= 15 is 0 Å². The van der Waals surface area contributed by atoms with Gasteiger partial charge in [-0.05, 0) is 37.6 Å². The highest BCUT2D eigenvalue weighted by Gasteiger charge is 2.08. The molecule has 0 aliphatic carbocycles. The van der Waals surface area contributed by atoms with E-state index in [0.29, 0.717) is 27.9 Å². The van der Waals surface area contributed by atoms with Crippen molar-refractivity contribution in [3.05, 3.63) is 62.7 Å². The molecular formula is C15H13ClN2O3. The molecule has 0 fully saturated rings. The van der Waals surface area contributed by atoms with Crippen molar-refractivity contribution in [2.75, 3.05) is 0 Å². The molecule has 108 valence electrons. The molecule has 1 aromatic carbocycles. The molecular weight excluding hydrogens is 292 g/mol. The first kappa shape index (κ1) is 13.7. The first-order valence-corrected chi connectivity index (χ1v) is 6.79. The number of aryl methyl sites for hydroxylation is 2. The maximum Gasteiger partial charge on any atom is 0.287 e. The lowest BCUT2D eigenvalue weighted by Gasteiger charge is -2.08. The molecule has 0 saturated carbocycles. The lowest BCUT2D eigenvalue weighted by atomic mass is 10.2. The Bertz CT molecular complexity index is 867. The first-order chi connectivity index (χ1) is 10.0. The van der Waals surface area contributed by atoms with Crippen molar-refractivity contribution in [3.63, 3.8) is 0 Å². The smallest absolute Gasteiger partial charge is 0.287 e. The molecule has 0 unspecified atom stereocenters. The summed E-state index contributed by atoms with van der Waals surface area (Å²) in [5.41, 5.74) is 1.69. The highest BCUT2D eigenvalue weighted by Crippen LogP contribution is 2.22. The summed E-state index contributed by atoms with van der Waals surface area (Å²) in [4.78, 5) is 16.2. The third-order valence-electron chi connectivity index (χ3n) is 3.04. The summed E-state index contributed by atoms with van der Waals surface area (Å²) in [5, 5.41) is 0.659. The van der Waals surface area contributed by atoms with Crippen LogP contribution >= 0.6 is 11.6 Å². The zero-order valence-corrected chi connectivity index (χ0v) is 12.3. The van der Waals surface area contributed by atoms with E-state index in [9.17, 15) is 4.79 Å². The minimum absolute atomic E-state index is 0.207. The van der Waals surface area contributed by atoms with Crippen molar-refractivity contribution in [2.45, 2.75) is 20.5 Å². The Morgan fingerprint density at radius 2 is 2.10 bits per heavy atom. The zero-order valence-electron chi connectivity index (χ0n) is 11.6. The Hall–Kier alpha value is -2.27. The number of nitrogens with zero attached hydrogens (tertiary/aromatic N) is 2. The van der Waals surface area contributed by atoms with Crippen LogP contribution in [0.1, 0.15) is 17.0 Å². The predicted octanol–water partition coefficient (Wildman–Crippen LogP) is 3.14. The van der Waals surface area contributed by atoms with Crippen LogP contribution < -0.4 is 10.3 Å². The van der Waals surface area contributed by atoms with E-state index in [4.69, 9.17) is 20.9 Å². The molecule has 0 amide bonds. The minimum atomic E-state index is -0.264. The molecule has 21 heavy (non-hydrogen) atoms. The Kier molecular flexibility index (Phi) is 3.43. The first-order valence-electron chi connectivity index (χ1n) is 6.41. The fraction of sp³-hybridized carbons (Fsp3) is 0.200. The van der Waals surface area contributed by atoms with E-state index in [0.717, 1.165) is 10.1 Å². The van der Waals surface area contributed by atoms with Gasteiger partial charge in [-0.25, -0.2) is 4.98 Å². The second kappa shape index (κ2) is 5.26. The van der Waals surface area contributed by atoms with Crippen LogP contribution in [0.15, 0.2) is 39.6 Å². The van der Waals surface area contributed by atoms with Gasteiger partial charge in [0.2, 0.25) is 0 Å². The van der Waals surface area contributed by atoms with Crippen molar-refractivity contribution in [1.29, 1.82) is 0 Å². The molecule has 0 bridgehead atoms. The summed E-state index contributed by atoms with van der Waals surface area (Å²) in [6.07, 6.45) is 0. The van der Waals surface area contributed by atoms with Gasteiger partial charge < -0.3 is 9.26 Å². The van der Waals surface area contributed by atoms with Crippen molar-refractivity contribution in [2.24, 2.45) is 0 Å². The maximum absolute atomic E-state index is 11.9. The maximum atomic E-state index is 11.9. The van der Waals surface area contributed by atoms with Crippen LogP contribution in [0.3, 0.4) is 0 Å². The van der Waals surface area contributed by atoms with Gasteiger partial charge in [0.25, 0.3) is 5.56 Å². The standard InChI is InChI=1S/C15H13ClN2O3/c1-9-5-11(16)3-4-13(9)20-8-12-7-15(19)18-14(17-12)6-10(2)21-18/h3-7H,8H2,1-2H3. The van der Waals surface area contributed by atoms with Crippen LogP contribution in [-0.2, 0) is 6.61 Å². The second-order valence-corrected chi connectivity index (χ2v) is 5.22. The van der Waals surface area contributed by atoms with Crippen LogP contribution in [0.5, 0.6) is 5.75 Å². The van der Waals surface area contributed by atoms with Crippen LogP contribution in [0.2, 0.25) is 5.02 Å². The zero-order chi connectivity index (χ0) is 15.0. The van der Waals surface area contributed by atoms with E-state index in [1.807, 2.05) is 13.0 Å². The summed E-state index contributed by atoms with van der Waals surface area (Å²) >= 11 is 5.90. The SMILES string of the molecule is Cc1cc2nc(COc3ccc(Cl)cc3C)cc(=O)n2o1. The summed E-state index contributed by atoms with van der Waals surface area (Å²) in [7, 11) is 0. The van der Waals surface area contributed by atoms with Crippen molar-refractivity contribution >= 4 is 17.2 Å². The number of hydrogen-bond donors (Lipinski definition) is 0. The number of hydrogen-bond acceptors (Lipinski definition) is 4. The van der Waals surface area contributed by atoms with Gasteiger partial charge in [-0.2, -0.15) is 0 Å². The largest absolute Gasteiger partial charge is 0.487 e. The molecule has 5 nitrogen and oxygen atoms in total. The Labute approximate surface area is 125 Å². The van der Waals surface area contributed by atoms with Crippen molar-refractivity contribution in [3.8, 4) is 5.75 Å². The average Bonchev–Trinajstić information content (AvgIpc) is 2.79. The van der Waals surface area contributed by atoms with Crippen LogP contribution in [-0.4, -0.2) is 9.56 Å². The molecule has 6 heteroatoms. The summed E-state index contributed by atoms with van der Waals surface area (Å²) in [6.45, 7) is 3.88. The Morgan fingerprint density at radius 3 is 2.86 bits per heavy atom. The average molecular weight is 305 g/mol. The minimum Gasteiger partial charge on any atom is -0.487 e. The molecule has 0 aliphatic heterocycles. The van der Waals surface area contributed by atoms with Crippen molar-refractivity contribution < 1.29 is 9.26 Å². The third kappa shape index (κ3) is 2.78. The van der Waals surface area contributed by atoms with E-state index in [1.165, 1.54) is 6.07 Å².